The Labute approximate surface area is 132 Å². The fourth-order valence-electron chi connectivity index (χ4n) is 1.84. The van der Waals surface area contributed by atoms with E-state index in [9.17, 15) is 9.90 Å². The Morgan fingerprint density at radius 1 is 1.33 bits per heavy atom. The minimum Gasteiger partial charge on any atom is -0.507 e. The summed E-state index contributed by atoms with van der Waals surface area (Å²) >= 11 is 4.67. The monoisotopic (exact) mass is 364 g/mol. The molecule has 106 valence electrons. The molecule has 1 amide bonds. The van der Waals surface area contributed by atoms with Gasteiger partial charge in [-0.3, -0.25) is 4.79 Å². The predicted octanol–water partition coefficient (Wildman–Crippen LogP) is 3.64. The van der Waals surface area contributed by atoms with E-state index >= 15 is 0 Å². The molecule has 0 radical (unpaired) electrons. The van der Waals surface area contributed by atoms with Crippen LogP contribution in [0, 0.1) is 0 Å². The van der Waals surface area contributed by atoms with Crippen LogP contribution in [-0.4, -0.2) is 16.0 Å². The Morgan fingerprint density at radius 3 is 2.81 bits per heavy atom. The first-order valence-electron chi connectivity index (χ1n) is 5.89. The molecule has 3 aromatic rings. The molecule has 0 aliphatic heterocycles. The number of nitrogens with two attached hydrogens (primary N) is 1. The van der Waals surface area contributed by atoms with Gasteiger partial charge >= 0.3 is 0 Å². The SMILES string of the molecule is NC(=O)c1cc(-c2csc(-c3ccc(Br)o3)n2)ccc1O. The number of primary amides is 1. The van der Waals surface area contributed by atoms with E-state index in [1.807, 2.05) is 11.4 Å². The van der Waals surface area contributed by atoms with Crippen LogP contribution in [0.5, 0.6) is 5.75 Å². The number of halogens is 1. The van der Waals surface area contributed by atoms with Gasteiger partial charge in [-0.15, -0.1) is 11.3 Å². The van der Waals surface area contributed by atoms with Crippen LogP contribution in [0.4, 0.5) is 0 Å². The highest BCUT2D eigenvalue weighted by molar-refractivity contribution is 9.10. The summed E-state index contributed by atoms with van der Waals surface area (Å²) in [5, 5.41) is 12.2. The maximum Gasteiger partial charge on any atom is 0.252 e. The highest BCUT2D eigenvalue weighted by Crippen LogP contribution is 2.32. The molecule has 3 rings (SSSR count). The van der Waals surface area contributed by atoms with Crippen molar-refractivity contribution in [3.8, 4) is 27.8 Å². The highest BCUT2D eigenvalue weighted by Gasteiger charge is 2.13. The van der Waals surface area contributed by atoms with Gasteiger partial charge in [0.05, 0.1) is 11.3 Å². The number of nitrogens with zero attached hydrogens (tertiary/aromatic N) is 1. The van der Waals surface area contributed by atoms with E-state index in [1.165, 1.54) is 23.5 Å². The number of aromatic nitrogens is 1. The minimum absolute atomic E-state index is 0.0720. The van der Waals surface area contributed by atoms with E-state index in [2.05, 4.69) is 20.9 Å². The van der Waals surface area contributed by atoms with Gasteiger partial charge in [-0.2, -0.15) is 0 Å². The quantitative estimate of drug-likeness (QED) is 0.742. The van der Waals surface area contributed by atoms with Crippen molar-refractivity contribution in [3.05, 3.63) is 45.9 Å². The van der Waals surface area contributed by atoms with Crippen LogP contribution in [0.25, 0.3) is 22.0 Å². The number of phenols is 1. The lowest BCUT2D eigenvalue weighted by atomic mass is 10.1. The van der Waals surface area contributed by atoms with Crippen molar-refractivity contribution in [2.24, 2.45) is 5.73 Å². The van der Waals surface area contributed by atoms with Crippen molar-refractivity contribution in [3.63, 3.8) is 0 Å². The number of thiazole rings is 1. The largest absolute Gasteiger partial charge is 0.507 e. The fourth-order valence-corrected chi connectivity index (χ4v) is 2.94. The number of furan rings is 1. The fraction of sp³-hybridized carbons (Fsp3) is 0. The summed E-state index contributed by atoms with van der Waals surface area (Å²) < 4.78 is 6.08. The summed E-state index contributed by atoms with van der Waals surface area (Å²) in [6.07, 6.45) is 0. The first kappa shape index (κ1) is 13.8. The maximum atomic E-state index is 11.3. The molecule has 7 heteroatoms. The van der Waals surface area contributed by atoms with Gasteiger partial charge in [-0.25, -0.2) is 4.98 Å². The predicted molar refractivity (Wildman–Crippen MR) is 83.1 cm³/mol. The molecule has 0 spiro atoms. The van der Waals surface area contributed by atoms with Crippen LogP contribution in [-0.2, 0) is 0 Å². The molecule has 5 nitrogen and oxygen atoms in total. The van der Waals surface area contributed by atoms with Gasteiger partial charge in [-0.1, -0.05) is 0 Å². The van der Waals surface area contributed by atoms with Crippen LogP contribution in [0.15, 0.2) is 44.8 Å². The van der Waals surface area contributed by atoms with Gasteiger partial charge in [0, 0.05) is 10.9 Å². The Morgan fingerprint density at radius 2 is 2.14 bits per heavy atom. The zero-order chi connectivity index (χ0) is 15.0. The number of hydrogen-bond donors (Lipinski definition) is 2. The van der Waals surface area contributed by atoms with Crippen LogP contribution >= 0.6 is 27.3 Å². The molecule has 0 aliphatic carbocycles. The summed E-state index contributed by atoms with van der Waals surface area (Å²) in [6, 6.07) is 8.24. The topological polar surface area (TPSA) is 89.4 Å². The van der Waals surface area contributed by atoms with Crippen molar-refractivity contribution in [2.45, 2.75) is 0 Å². The van der Waals surface area contributed by atoms with Crippen molar-refractivity contribution >= 4 is 33.2 Å². The molecule has 2 aromatic heterocycles. The number of carbonyl (C=O) groups is 1. The van der Waals surface area contributed by atoms with Crippen LogP contribution in [0.3, 0.4) is 0 Å². The molecule has 0 aliphatic rings. The van der Waals surface area contributed by atoms with Gasteiger partial charge in [0.2, 0.25) is 0 Å². The number of hydrogen-bond acceptors (Lipinski definition) is 5. The summed E-state index contributed by atoms with van der Waals surface area (Å²) in [6.45, 7) is 0. The van der Waals surface area contributed by atoms with E-state index < -0.39 is 5.91 Å². The standard InChI is InChI=1S/C14H9BrN2O3S/c15-12-4-3-11(20-12)14-17-9(6-21-14)7-1-2-10(18)8(5-7)13(16)19/h1-6,18H,(H2,16,19). The zero-order valence-electron chi connectivity index (χ0n) is 10.5. The second-order valence-corrected chi connectivity index (χ2v) is 5.88. The molecule has 0 fully saturated rings. The number of aromatic hydroxyl groups is 1. The third-order valence-corrected chi connectivity index (χ3v) is 4.13. The lowest BCUT2D eigenvalue weighted by Crippen LogP contribution is -2.11. The van der Waals surface area contributed by atoms with Gasteiger partial charge in [0.25, 0.3) is 5.91 Å². The lowest BCUT2D eigenvalue weighted by molar-refractivity contribution is 0.0998. The molecule has 0 unspecified atom stereocenters. The summed E-state index contributed by atoms with van der Waals surface area (Å²) in [7, 11) is 0. The molecule has 0 atom stereocenters. The molecule has 0 bridgehead atoms. The van der Waals surface area contributed by atoms with Crippen molar-refractivity contribution in [1.29, 1.82) is 0 Å². The molecular formula is C14H9BrN2O3S. The third-order valence-electron chi connectivity index (χ3n) is 2.85. The summed E-state index contributed by atoms with van der Waals surface area (Å²) in [5.41, 5.74) is 6.68. The van der Waals surface area contributed by atoms with Crippen LogP contribution < -0.4 is 5.73 Å². The summed E-state index contributed by atoms with van der Waals surface area (Å²) in [5.74, 6) is -0.163. The first-order valence-corrected chi connectivity index (χ1v) is 7.56. The smallest absolute Gasteiger partial charge is 0.252 e. The van der Waals surface area contributed by atoms with Crippen LogP contribution in [0.2, 0.25) is 0 Å². The Balaban J connectivity index is 2.00. The average Bonchev–Trinajstić information content (AvgIpc) is 3.07. The second kappa shape index (κ2) is 5.34. The van der Waals surface area contributed by atoms with E-state index in [4.69, 9.17) is 10.2 Å². The highest BCUT2D eigenvalue weighted by atomic mass is 79.9. The molecule has 1 aromatic carbocycles. The maximum absolute atomic E-state index is 11.3. The minimum atomic E-state index is -0.681. The van der Waals surface area contributed by atoms with Crippen molar-refractivity contribution in [2.75, 3.05) is 0 Å². The molecule has 3 N–H and O–H groups in total. The Hall–Kier alpha value is -2.12. The zero-order valence-corrected chi connectivity index (χ0v) is 12.9. The first-order chi connectivity index (χ1) is 10.0. The Bertz CT molecular complexity index is 825. The van der Waals surface area contributed by atoms with Crippen molar-refractivity contribution < 1.29 is 14.3 Å². The van der Waals surface area contributed by atoms with Gasteiger partial charge < -0.3 is 15.3 Å². The van der Waals surface area contributed by atoms with Crippen LogP contribution in [0.1, 0.15) is 10.4 Å². The molecule has 0 saturated heterocycles. The van der Waals surface area contributed by atoms with E-state index in [-0.39, 0.29) is 11.3 Å². The average molecular weight is 365 g/mol. The van der Waals surface area contributed by atoms with E-state index in [0.29, 0.717) is 21.7 Å². The van der Waals surface area contributed by atoms with Gasteiger partial charge in [0.15, 0.2) is 15.4 Å². The van der Waals surface area contributed by atoms with Gasteiger partial charge in [0.1, 0.15) is 5.75 Å². The number of carbonyl (C=O) groups excluding carboxylic acids is 1. The molecule has 2 heterocycles. The Kier molecular flexibility index (Phi) is 3.52. The molecule has 0 saturated carbocycles. The van der Waals surface area contributed by atoms with E-state index in [1.54, 1.807) is 12.1 Å². The van der Waals surface area contributed by atoms with Crippen molar-refractivity contribution in [1.82, 2.24) is 4.98 Å². The number of benzene rings is 1. The van der Waals surface area contributed by atoms with E-state index in [0.717, 1.165) is 5.01 Å². The third kappa shape index (κ3) is 2.70. The second-order valence-electron chi connectivity index (χ2n) is 4.24. The number of rotatable bonds is 3. The lowest BCUT2D eigenvalue weighted by Gasteiger charge is -2.02. The normalized spacial score (nSPS) is 10.7. The summed E-state index contributed by atoms with van der Waals surface area (Å²) in [4.78, 5) is 15.7. The molecular weight excluding hydrogens is 356 g/mol. The molecule has 21 heavy (non-hydrogen) atoms. The van der Waals surface area contributed by atoms with Gasteiger partial charge in [-0.05, 0) is 46.3 Å². The number of amides is 1.